The summed E-state index contributed by atoms with van der Waals surface area (Å²) in [4.78, 5) is 30.6. The topological polar surface area (TPSA) is 88.3 Å². The number of halogens is 3. The van der Waals surface area contributed by atoms with Crippen molar-refractivity contribution in [1.82, 2.24) is 19.7 Å². The number of alkyl halides is 3. The van der Waals surface area contributed by atoms with Gasteiger partial charge in [0.05, 0.1) is 11.9 Å². The van der Waals surface area contributed by atoms with Crippen molar-refractivity contribution in [2.75, 3.05) is 13.1 Å². The standard InChI is InChI=1S/C35H39F3N4O3/c1-2-23-20-22(11-15-27(23)25-16-18-41(19-17-25)33(43)26-13-14-26)10-12-24-6-3-4-7-28(24)30-8-5-9-31(40-30)42-32(35(36,37)38)29(21-39-42)34(44)45/h5,8-9,11,15,20-21,25-26H,2-4,6-7,10,12-14,16-19H2,1H3,(H,44,45). The lowest BCUT2D eigenvalue weighted by atomic mass is 9.83. The maximum absolute atomic E-state index is 13.8. The van der Waals surface area contributed by atoms with Crippen LogP contribution < -0.4 is 0 Å². The number of benzene rings is 1. The molecule has 1 aliphatic heterocycles. The Bertz CT molecular complexity index is 1610. The number of nitrogens with zero attached hydrogens (tertiary/aromatic N) is 4. The van der Waals surface area contributed by atoms with Crippen LogP contribution in [0.1, 0.15) is 109 Å². The Kier molecular flexibility index (Phi) is 8.84. The number of aromatic carboxylic acids is 1. The number of allylic oxidation sites excluding steroid dienone is 2. The predicted molar refractivity (Wildman–Crippen MR) is 164 cm³/mol. The van der Waals surface area contributed by atoms with Gasteiger partial charge in [0.25, 0.3) is 0 Å². The summed E-state index contributed by atoms with van der Waals surface area (Å²) in [5, 5.41) is 13.1. The first kappa shape index (κ1) is 31.0. The molecule has 1 saturated carbocycles. The fraction of sp³-hybridized carbons (Fsp3) is 0.486. The minimum absolute atomic E-state index is 0.0596. The quantitative estimate of drug-likeness (QED) is 0.266. The number of carbonyl (C=O) groups is 2. The lowest BCUT2D eigenvalue weighted by Gasteiger charge is -2.33. The Morgan fingerprint density at radius 2 is 1.76 bits per heavy atom. The number of carbonyl (C=O) groups excluding carboxylic acids is 1. The first-order chi connectivity index (χ1) is 21.6. The highest BCUT2D eigenvalue weighted by molar-refractivity contribution is 5.89. The maximum atomic E-state index is 13.8. The lowest BCUT2D eigenvalue weighted by molar-refractivity contribution is -0.143. The van der Waals surface area contributed by atoms with Crippen LogP contribution in [0.2, 0.25) is 0 Å². The Labute approximate surface area is 261 Å². The summed E-state index contributed by atoms with van der Waals surface area (Å²) in [7, 11) is 0. The highest BCUT2D eigenvalue weighted by atomic mass is 19.4. The Hall–Kier alpha value is -3.95. The van der Waals surface area contributed by atoms with Crippen molar-refractivity contribution in [1.29, 1.82) is 0 Å². The summed E-state index contributed by atoms with van der Waals surface area (Å²) in [5.41, 5.74) is 4.73. The molecular weight excluding hydrogens is 581 g/mol. The van der Waals surface area contributed by atoms with E-state index in [-0.39, 0.29) is 11.7 Å². The van der Waals surface area contributed by atoms with Crippen molar-refractivity contribution in [3.63, 3.8) is 0 Å². The molecule has 0 radical (unpaired) electrons. The second-order valence-electron chi connectivity index (χ2n) is 12.6. The fourth-order valence-electron chi connectivity index (χ4n) is 7.03. The molecule has 0 atom stereocenters. The number of pyridine rings is 1. The van der Waals surface area contributed by atoms with Gasteiger partial charge in [-0.3, -0.25) is 4.79 Å². The van der Waals surface area contributed by atoms with Gasteiger partial charge < -0.3 is 10.0 Å². The number of piperidine rings is 1. The molecule has 2 aliphatic carbocycles. The molecule has 1 N–H and O–H groups in total. The van der Waals surface area contributed by atoms with Gasteiger partial charge in [0.1, 0.15) is 5.56 Å². The molecular formula is C35H39F3N4O3. The van der Waals surface area contributed by atoms with E-state index in [1.54, 1.807) is 6.07 Å². The van der Waals surface area contributed by atoms with Gasteiger partial charge in [-0.15, -0.1) is 0 Å². The van der Waals surface area contributed by atoms with E-state index in [2.05, 4.69) is 40.1 Å². The molecule has 238 valence electrons. The van der Waals surface area contributed by atoms with E-state index < -0.39 is 23.4 Å². The number of carboxylic acid groups (broad SMARTS) is 1. The van der Waals surface area contributed by atoms with Gasteiger partial charge in [0, 0.05) is 19.0 Å². The van der Waals surface area contributed by atoms with Gasteiger partial charge in [-0.05, 0) is 111 Å². The highest BCUT2D eigenvalue weighted by Gasteiger charge is 2.41. The van der Waals surface area contributed by atoms with Crippen LogP contribution in [0.15, 0.2) is 48.2 Å². The largest absolute Gasteiger partial charge is 0.478 e. The first-order valence-corrected chi connectivity index (χ1v) is 16.1. The van der Waals surface area contributed by atoms with Gasteiger partial charge in [-0.25, -0.2) is 14.5 Å². The maximum Gasteiger partial charge on any atom is 0.434 e. The van der Waals surface area contributed by atoms with E-state index >= 15 is 0 Å². The molecule has 0 bridgehead atoms. The predicted octanol–water partition coefficient (Wildman–Crippen LogP) is 7.62. The molecule has 3 aliphatic rings. The molecule has 0 unspecified atom stereocenters. The van der Waals surface area contributed by atoms with E-state index in [1.807, 2.05) is 6.07 Å². The average molecular weight is 621 g/mol. The summed E-state index contributed by atoms with van der Waals surface area (Å²) in [6.45, 7) is 3.88. The monoisotopic (exact) mass is 620 g/mol. The first-order valence-electron chi connectivity index (χ1n) is 16.1. The van der Waals surface area contributed by atoms with Crippen LogP contribution in [-0.2, 0) is 23.8 Å². The molecule has 0 spiro atoms. The summed E-state index contributed by atoms with van der Waals surface area (Å²) >= 11 is 0. The normalized spacial score (nSPS) is 18.0. The highest BCUT2D eigenvalue weighted by Crippen LogP contribution is 2.38. The zero-order chi connectivity index (χ0) is 31.7. The van der Waals surface area contributed by atoms with Crippen LogP contribution in [0, 0.1) is 5.92 Å². The lowest BCUT2D eigenvalue weighted by Crippen LogP contribution is -2.38. The second-order valence-corrected chi connectivity index (χ2v) is 12.6. The van der Waals surface area contributed by atoms with E-state index in [9.17, 15) is 27.9 Å². The molecule has 1 aromatic carbocycles. The Morgan fingerprint density at radius 3 is 2.44 bits per heavy atom. The van der Waals surface area contributed by atoms with E-state index in [0.29, 0.717) is 22.2 Å². The van der Waals surface area contributed by atoms with Crippen LogP contribution >= 0.6 is 0 Å². The van der Waals surface area contributed by atoms with Gasteiger partial charge in [-0.1, -0.05) is 36.8 Å². The van der Waals surface area contributed by atoms with Crippen LogP contribution in [0.3, 0.4) is 0 Å². The molecule has 10 heteroatoms. The zero-order valence-corrected chi connectivity index (χ0v) is 25.6. The Morgan fingerprint density at radius 1 is 1.00 bits per heavy atom. The number of amides is 1. The fourth-order valence-corrected chi connectivity index (χ4v) is 7.03. The molecule has 2 aromatic heterocycles. The molecule has 3 heterocycles. The third kappa shape index (κ3) is 6.70. The van der Waals surface area contributed by atoms with Crippen LogP contribution in [-0.4, -0.2) is 49.7 Å². The van der Waals surface area contributed by atoms with Crippen LogP contribution in [0.25, 0.3) is 11.4 Å². The number of carboxylic acids is 1. The minimum Gasteiger partial charge on any atom is -0.478 e. The number of aryl methyl sites for hydroxylation is 2. The van der Waals surface area contributed by atoms with Crippen molar-refractivity contribution in [2.45, 2.75) is 89.6 Å². The summed E-state index contributed by atoms with van der Waals surface area (Å²) < 4.78 is 42.1. The van der Waals surface area contributed by atoms with Gasteiger partial charge in [-0.2, -0.15) is 18.3 Å². The number of aromatic nitrogens is 3. The zero-order valence-electron chi connectivity index (χ0n) is 25.6. The summed E-state index contributed by atoms with van der Waals surface area (Å²) in [5.74, 6) is -0.653. The van der Waals surface area contributed by atoms with Gasteiger partial charge >= 0.3 is 12.1 Å². The van der Waals surface area contributed by atoms with E-state index in [1.165, 1.54) is 28.3 Å². The number of hydrogen-bond donors (Lipinski definition) is 1. The van der Waals surface area contributed by atoms with Crippen molar-refractivity contribution in [3.05, 3.63) is 81.8 Å². The molecule has 1 saturated heterocycles. The van der Waals surface area contributed by atoms with Crippen molar-refractivity contribution in [2.24, 2.45) is 5.92 Å². The molecule has 1 amide bonds. The Balaban J connectivity index is 1.19. The minimum atomic E-state index is -4.91. The van der Waals surface area contributed by atoms with Crippen molar-refractivity contribution >= 4 is 17.4 Å². The van der Waals surface area contributed by atoms with E-state index in [4.69, 9.17) is 0 Å². The molecule has 3 aromatic rings. The van der Waals surface area contributed by atoms with Gasteiger partial charge in [0.2, 0.25) is 5.91 Å². The van der Waals surface area contributed by atoms with Crippen LogP contribution in [0.5, 0.6) is 0 Å². The summed E-state index contributed by atoms with van der Waals surface area (Å²) in [6, 6.07) is 11.7. The number of hydrogen-bond acceptors (Lipinski definition) is 4. The van der Waals surface area contributed by atoms with Gasteiger partial charge in [0.15, 0.2) is 11.5 Å². The third-order valence-corrected chi connectivity index (χ3v) is 9.59. The summed E-state index contributed by atoms with van der Waals surface area (Å²) in [6.07, 6.45) is 6.31. The molecule has 45 heavy (non-hydrogen) atoms. The van der Waals surface area contributed by atoms with Crippen LogP contribution in [0.4, 0.5) is 13.2 Å². The van der Waals surface area contributed by atoms with E-state index in [0.717, 1.165) is 95.5 Å². The molecule has 7 nitrogen and oxygen atoms in total. The average Bonchev–Trinajstić information content (AvgIpc) is 3.79. The van der Waals surface area contributed by atoms with Crippen molar-refractivity contribution < 1.29 is 27.9 Å². The second kappa shape index (κ2) is 12.8. The SMILES string of the molecule is CCc1cc(CCC2=C(c3cccc(-n4ncc(C(=O)O)c4C(F)(F)F)n3)CCCC2)ccc1C1CCN(C(=O)C2CC2)CC1. The number of rotatable bonds is 9. The number of likely N-dealkylation sites (tertiary alicyclic amines) is 1. The molecule has 6 rings (SSSR count). The smallest absolute Gasteiger partial charge is 0.434 e. The molecule has 2 fully saturated rings. The van der Waals surface area contributed by atoms with Crippen molar-refractivity contribution in [3.8, 4) is 5.82 Å². The third-order valence-electron chi connectivity index (χ3n) is 9.59.